The Labute approximate surface area is 125 Å². The van der Waals surface area contributed by atoms with Crippen LogP contribution >= 0.6 is 0 Å². The number of hydrogen-bond acceptors (Lipinski definition) is 4. The summed E-state index contributed by atoms with van der Waals surface area (Å²) in [5, 5.41) is 10.2. The number of nitrogens with zero attached hydrogens (tertiary/aromatic N) is 2. The van der Waals surface area contributed by atoms with Crippen molar-refractivity contribution in [3.05, 3.63) is 47.7 Å². The zero-order valence-electron chi connectivity index (χ0n) is 12.7. The minimum atomic E-state index is -0.642. The van der Waals surface area contributed by atoms with Crippen LogP contribution < -0.4 is 0 Å². The molecule has 0 aromatic heterocycles. The van der Waals surface area contributed by atoms with Gasteiger partial charge in [0, 0.05) is 26.8 Å². The average Bonchev–Trinajstić information content (AvgIpc) is 2.74. The molecule has 0 saturated carbocycles. The van der Waals surface area contributed by atoms with Gasteiger partial charge in [-0.15, -0.1) is 0 Å². The van der Waals surface area contributed by atoms with Gasteiger partial charge < -0.3 is 14.7 Å². The van der Waals surface area contributed by atoms with Crippen LogP contribution in [0.15, 0.2) is 42.1 Å². The molecule has 1 aromatic carbocycles. The number of carbonyl (C=O) groups is 1. The Morgan fingerprint density at radius 1 is 1.43 bits per heavy atom. The fourth-order valence-corrected chi connectivity index (χ4v) is 2.40. The lowest BCUT2D eigenvalue weighted by Gasteiger charge is -2.21. The summed E-state index contributed by atoms with van der Waals surface area (Å²) in [5.41, 5.74) is 1.77. The average molecular weight is 290 g/mol. The Balaban J connectivity index is 1.97. The van der Waals surface area contributed by atoms with Crippen molar-refractivity contribution in [1.82, 2.24) is 9.80 Å². The predicted octanol–water partition coefficient (Wildman–Crippen LogP) is 1.83. The summed E-state index contributed by atoms with van der Waals surface area (Å²) >= 11 is 0. The van der Waals surface area contributed by atoms with Gasteiger partial charge in [-0.2, -0.15) is 0 Å². The molecular weight excluding hydrogens is 268 g/mol. The van der Waals surface area contributed by atoms with Crippen molar-refractivity contribution >= 4 is 6.09 Å². The van der Waals surface area contributed by atoms with Crippen molar-refractivity contribution in [2.45, 2.75) is 25.7 Å². The van der Waals surface area contributed by atoms with Crippen LogP contribution in [0.5, 0.6) is 0 Å². The first kappa shape index (κ1) is 15.4. The molecule has 2 rings (SSSR count). The summed E-state index contributed by atoms with van der Waals surface area (Å²) in [6.07, 6.45) is 0.815. The lowest BCUT2D eigenvalue weighted by molar-refractivity contribution is 0.0780. The number of ether oxygens (including phenoxy) is 1. The Bertz CT molecular complexity index is 514. The van der Waals surface area contributed by atoms with Gasteiger partial charge in [0.25, 0.3) is 0 Å². The van der Waals surface area contributed by atoms with Crippen LogP contribution in [0.3, 0.4) is 0 Å². The fourth-order valence-electron chi connectivity index (χ4n) is 2.40. The van der Waals surface area contributed by atoms with E-state index >= 15 is 0 Å². The molecule has 2 atom stereocenters. The van der Waals surface area contributed by atoms with Gasteiger partial charge in [0.15, 0.2) is 0 Å². The van der Waals surface area contributed by atoms with E-state index < -0.39 is 12.2 Å². The monoisotopic (exact) mass is 290 g/mol. The second kappa shape index (κ2) is 6.63. The Morgan fingerprint density at radius 3 is 2.71 bits per heavy atom. The minimum absolute atomic E-state index is 0.242. The van der Waals surface area contributed by atoms with Gasteiger partial charge in [0.2, 0.25) is 0 Å². The summed E-state index contributed by atoms with van der Waals surface area (Å²) in [7, 11) is 3.78. The molecule has 5 nitrogen and oxygen atoms in total. The smallest absolute Gasteiger partial charge is 0.410 e. The molecule has 0 spiro atoms. The zero-order valence-corrected chi connectivity index (χ0v) is 12.7. The summed E-state index contributed by atoms with van der Waals surface area (Å²) in [6.45, 7) is 2.46. The van der Waals surface area contributed by atoms with Gasteiger partial charge in [-0.3, -0.25) is 4.90 Å². The third-order valence-corrected chi connectivity index (χ3v) is 3.55. The topological polar surface area (TPSA) is 53.0 Å². The minimum Gasteiger partial charge on any atom is -0.445 e. The first-order valence-corrected chi connectivity index (χ1v) is 7.01. The number of likely N-dealkylation sites (tertiary alicyclic amines) is 1. The number of aliphatic hydroxyl groups excluding tert-OH is 1. The zero-order chi connectivity index (χ0) is 15.4. The lowest BCUT2D eigenvalue weighted by Crippen LogP contribution is -2.37. The molecule has 1 saturated heterocycles. The van der Waals surface area contributed by atoms with E-state index in [4.69, 9.17) is 4.74 Å². The van der Waals surface area contributed by atoms with Crippen LogP contribution in [0.1, 0.15) is 12.5 Å². The molecular formula is C16H22N2O3. The van der Waals surface area contributed by atoms with Crippen molar-refractivity contribution in [2.24, 2.45) is 0 Å². The second-order valence-corrected chi connectivity index (χ2v) is 5.52. The van der Waals surface area contributed by atoms with E-state index in [9.17, 15) is 9.90 Å². The highest BCUT2D eigenvalue weighted by atomic mass is 16.6. The molecule has 1 N–H and O–H groups in total. The van der Waals surface area contributed by atoms with Crippen LogP contribution in [0.25, 0.3) is 0 Å². The van der Waals surface area contributed by atoms with E-state index in [0.29, 0.717) is 6.54 Å². The number of rotatable bonds is 3. The van der Waals surface area contributed by atoms with E-state index in [2.05, 4.69) is 0 Å². The van der Waals surface area contributed by atoms with Crippen molar-refractivity contribution < 1.29 is 14.6 Å². The van der Waals surface area contributed by atoms with Crippen molar-refractivity contribution in [2.75, 3.05) is 20.6 Å². The summed E-state index contributed by atoms with van der Waals surface area (Å²) in [5.74, 6) is 0. The first-order valence-electron chi connectivity index (χ1n) is 7.01. The molecule has 1 heterocycles. The van der Waals surface area contributed by atoms with E-state index in [1.165, 1.54) is 0 Å². The van der Waals surface area contributed by atoms with Crippen LogP contribution in [0.2, 0.25) is 0 Å². The molecule has 0 bridgehead atoms. The van der Waals surface area contributed by atoms with Gasteiger partial charge in [-0.05, 0) is 18.1 Å². The highest BCUT2D eigenvalue weighted by Crippen LogP contribution is 2.24. The highest BCUT2D eigenvalue weighted by Gasteiger charge is 2.37. The highest BCUT2D eigenvalue weighted by molar-refractivity contribution is 5.69. The van der Waals surface area contributed by atoms with Gasteiger partial charge >= 0.3 is 6.09 Å². The Kier molecular flexibility index (Phi) is 4.85. The van der Waals surface area contributed by atoms with E-state index in [-0.39, 0.29) is 12.6 Å². The van der Waals surface area contributed by atoms with Crippen molar-refractivity contribution in [3.8, 4) is 0 Å². The number of aliphatic hydroxyl groups is 1. The fraction of sp³-hybridized carbons (Fsp3) is 0.438. The van der Waals surface area contributed by atoms with Gasteiger partial charge in [0.1, 0.15) is 6.61 Å². The third kappa shape index (κ3) is 3.76. The quantitative estimate of drug-likeness (QED) is 0.923. The molecule has 1 aromatic rings. The normalized spacial score (nSPS) is 23.4. The number of benzene rings is 1. The number of amides is 1. The van der Waals surface area contributed by atoms with Crippen LogP contribution in [-0.2, 0) is 11.3 Å². The first-order chi connectivity index (χ1) is 9.99. The number of hydrogen-bond donors (Lipinski definition) is 1. The Morgan fingerprint density at radius 2 is 2.10 bits per heavy atom. The molecule has 0 aliphatic carbocycles. The van der Waals surface area contributed by atoms with Crippen LogP contribution in [0, 0.1) is 0 Å². The predicted molar refractivity (Wildman–Crippen MR) is 80.6 cm³/mol. The molecule has 0 radical (unpaired) electrons. The molecule has 21 heavy (non-hydrogen) atoms. The Hall–Kier alpha value is -2.01. The molecule has 114 valence electrons. The molecule has 1 aliphatic rings. The largest absolute Gasteiger partial charge is 0.445 e. The van der Waals surface area contributed by atoms with E-state index in [1.54, 1.807) is 4.90 Å². The van der Waals surface area contributed by atoms with Crippen LogP contribution in [-0.4, -0.2) is 53.8 Å². The summed E-state index contributed by atoms with van der Waals surface area (Å²) in [4.78, 5) is 15.6. The second-order valence-electron chi connectivity index (χ2n) is 5.52. The maximum atomic E-state index is 12.2. The summed E-state index contributed by atoms with van der Waals surface area (Å²) < 4.78 is 5.32. The summed E-state index contributed by atoms with van der Waals surface area (Å²) in [6, 6.07) is 9.27. The maximum Gasteiger partial charge on any atom is 0.410 e. The number of carbonyl (C=O) groups excluding carboxylic acids is 1. The van der Waals surface area contributed by atoms with Gasteiger partial charge in [-0.1, -0.05) is 30.3 Å². The standard InChI is InChI=1S/C16H22N2O3/c1-12-15(19)14(9-17(2)3)10-18(12)16(20)21-11-13-7-5-4-6-8-13/h4-9,12,15,19H,10-11H2,1-3H3/b14-9+. The van der Waals surface area contributed by atoms with Gasteiger partial charge in [-0.25, -0.2) is 4.79 Å². The molecule has 1 fully saturated rings. The molecule has 5 heteroatoms. The molecule has 1 amide bonds. The molecule has 1 aliphatic heterocycles. The lowest BCUT2D eigenvalue weighted by atomic mass is 10.1. The van der Waals surface area contributed by atoms with Crippen LogP contribution in [0.4, 0.5) is 4.79 Å². The third-order valence-electron chi connectivity index (χ3n) is 3.55. The maximum absolute atomic E-state index is 12.2. The van der Waals surface area contributed by atoms with Crippen molar-refractivity contribution in [3.63, 3.8) is 0 Å². The SMILES string of the molecule is CC1C(O)/C(=C/N(C)C)CN1C(=O)OCc1ccccc1. The van der Waals surface area contributed by atoms with E-state index in [1.807, 2.05) is 62.5 Å². The van der Waals surface area contributed by atoms with Gasteiger partial charge in [0.05, 0.1) is 12.1 Å². The van der Waals surface area contributed by atoms with Crippen molar-refractivity contribution in [1.29, 1.82) is 0 Å². The molecule has 2 unspecified atom stereocenters. The van der Waals surface area contributed by atoms with E-state index in [0.717, 1.165) is 11.1 Å².